The largest absolute Gasteiger partial charge is 0.334 e. The first-order valence-corrected chi connectivity index (χ1v) is 10.1. The van der Waals surface area contributed by atoms with Gasteiger partial charge in [0.05, 0.1) is 11.6 Å². The second-order valence-electron chi connectivity index (χ2n) is 7.45. The molecule has 0 bridgehead atoms. The van der Waals surface area contributed by atoms with E-state index in [1.54, 1.807) is 16.9 Å². The molecule has 1 fully saturated rings. The molecule has 4 aromatic rings. The molecule has 30 heavy (non-hydrogen) atoms. The number of benzene rings is 1. The van der Waals surface area contributed by atoms with Crippen LogP contribution in [0.4, 0.5) is 4.79 Å². The standard InChI is InChI=1S/C23H22N6O/c30-23(25-15-17-5-2-1-3-6-17)28-14-4-7-20(28)22-21-9-8-19(16-29(21)27-26-22)18-10-12-24-13-11-18/h1-3,5-6,8-13,16,20H,4,7,14-15H2,(H,25,30). The number of fused-ring (bicyclic) bond motifs is 1. The average Bonchev–Trinajstić information content (AvgIpc) is 3.45. The monoisotopic (exact) mass is 398 g/mol. The van der Waals surface area contributed by atoms with Crippen LogP contribution in [0.2, 0.25) is 0 Å². The highest BCUT2D eigenvalue weighted by molar-refractivity contribution is 5.75. The number of hydrogen-bond acceptors (Lipinski definition) is 4. The van der Waals surface area contributed by atoms with Crippen LogP contribution in [0.3, 0.4) is 0 Å². The zero-order valence-electron chi connectivity index (χ0n) is 16.5. The van der Waals surface area contributed by atoms with Crippen LogP contribution in [-0.4, -0.2) is 37.3 Å². The zero-order valence-corrected chi connectivity index (χ0v) is 16.5. The van der Waals surface area contributed by atoms with Crippen molar-refractivity contribution in [3.63, 3.8) is 0 Å². The van der Waals surface area contributed by atoms with Crippen molar-refractivity contribution < 1.29 is 4.79 Å². The third kappa shape index (κ3) is 3.50. The van der Waals surface area contributed by atoms with E-state index in [9.17, 15) is 4.79 Å². The molecule has 7 nitrogen and oxygen atoms in total. The molecule has 1 N–H and O–H groups in total. The Morgan fingerprint density at radius 2 is 1.87 bits per heavy atom. The van der Waals surface area contributed by atoms with Crippen molar-refractivity contribution in [3.8, 4) is 11.1 Å². The highest BCUT2D eigenvalue weighted by atomic mass is 16.2. The van der Waals surface area contributed by atoms with Gasteiger partial charge in [0.1, 0.15) is 5.69 Å². The number of rotatable bonds is 4. The van der Waals surface area contributed by atoms with E-state index in [0.29, 0.717) is 6.54 Å². The van der Waals surface area contributed by atoms with Crippen molar-refractivity contribution >= 4 is 11.5 Å². The van der Waals surface area contributed by atoms with Gasteiger partial charge in [0, 0.05) is 37.2 Å². The smallest absolute Gasteiger partial charge is 0.318 e. The number of amides is 2. The fraction of sp³-hybridized carbons (Fsp3) is 0.217. The van der Waals surface area contributed by atoms with Gasteiger partial charge < -0.3 is 10.2 Å². The Morgan fingerprint density at radius 1 is 1.03 bits per heavy atom. The molecule has 7 heteroatoms. The van der Waals surface area contributed by atoms with Crippen molar-refractivity contribution in [2.75, 3.05) is 6.54 Å². The van der Waals surface area contributed by atoms with Gasteiger partial charge in [-0.25, -0.2) is 9.31 Å². The predicted octanol–water partition coefficient (Wildman–Crippen LogP) is 3.84. The summed E-state index contributed by atoms with van der Waals surface area (Å²) in [5.74, 6) is 0. The summed E-state index contributed by atoms with van der Waals surface area (Å²) in [6.45, 7) is 1.24. The lowest BCUT2D eigenvalue weighted by molar-refractivity contribution is 0.192. The van der Waals surface area contributed by atoms with Gasteiger partial charge in [0.2, 0.25) is 0 Å². The summed E-state index contributed by atoms with van der Waals surface area (Å²) in [7, 11) is 0. The molecule has 3 aromatic heterocycles. The Balaban J connectivity index is 1.37. The SMILES string of the molecule is O=C(NCc1ccccc1)N1CCCC1c1nnn2cc(-c3ccncc3)ccc12. The predicted molar refractivity (Wildman–Crippen MR) is 114 cm³/mol. The van der Waals surface area contributed by atoms with Crippen molar-refractivity contribution in [3.05, 3.63) is 84.4 Å². The quantitative estimate of drug-likeness (QED) is 0.567. The van der Waals surface area contributed by atoms with Gasteiger partial charge in [-0.05, 0) is 42.2 Å². The maximum absolute atomic E-state index is 12.9. The number of urea groups is 1. The molecule has 0 aliphatic carbocycles. The van der Waals surface area contributed by atoms with E-state index < -0.39 is 0 Å². The van der Waals surface area contributed by atoms with E-state index in [4.69, 9.17) is 0 Å². The van der Waals surface area contributed by atoms with Gasteiger partial charge in [-0.1, -0.05) is 41.6 Å². The first-order valence-electron chi connectivity index (χ1n) is 10.1. The second-order valence-corrected chi connectivity index (χ2v) is 7.45. The van der Waals surface area contributed by atoms with E-state index in [-0.39, 0.29) is 12.1 Å². The van der Waals surface area contributed by atoms with Crippen molar-refractivity contribution in [2.45, 2.75) is 25.4 Å². The number of pyridine rings is 2. The van der Waals surface area contributed by atoms with Crippen molar-refractivity contribution in [1.82, 2.24) is 30.0 Å². The van der Waals surface area contributed by atoms with E-state index in [2.05, 4.69) is 26.7 Å². The van der Waals surface area contributed by atoms with Gasteiger partial charge in [0.15, 0.2) is 0 Å². The number of nitrogens with zero attached hydrogens (tertiary/aromatic N) is 5. The Hall–Kier alpha value is -3.74. The molecule has 0 radical (unpaired) electrons. The summed E-state index contributed by atoms with van der Waals surface area (Å²) in [5, 5.41) is 11.8. The zero-order chi connectivity index (χ0) is 20.3. The number of carbonyl (C=O) groups is 1. The fourth-order valence-electron chi connectivity index (χ4n) is 4.04. The highest BCUT2D eigenvalue weighted by Gasteiger charge is 2.33. The molecule has 1 unspecified atom stereocenters. The van der Waals surface area contributed by atoms with Crippen LogP contribution >= 0.6 is 0 Å². The molecule has 2 amide bonds. The van der Waals surface area contributed by atoms with Crippen molar-refractivity contribution in [1.29, 1.82) is 0 Å². The molecule has 1 atom stereocenters. The molecule has 1 aliphatic rings. The van der Waals surface area contributed by atoms with E-state index in [1.807, 2.05) is 59.6 Å². The summed E-state index contributed by atoms with van der Waals surface area (Å²) < 4.78 is 1.80. The number of carbonyl (C=O) groups excluding carboxylic acids is 1. The molecule has 4 heterocycles. The summed E-state index contributed by atoms with van der Waals surface area (Å²) in [6.07, 6.45) is 7.36. The number of nitrogens with one attached hydrogen (secondary N) is 1. The van der Waals surface area contributed by atoms with Crippen LogP contribution in [-0.2, 0) is 6.54 Å². The van der Waals surface area contributed by atoms with Crippen LogP contribution in [0.1, 0.15) is 30.1 Å². The van der Waals surface area contributed by atoms with E-state index in [0.717, 1.165) is 47.3 Å². The maximum Gasteiger partial charge on any atom is 0.318 e. The van der Waals surface area contributed by atoms with Crippen LogP contribution < -0.4 is 5.32 Å². The molecule has 0 saturated carbocycles. The molecule has 1 saturated heterocycles. The number of hydrogen-bond donors (Lipinski definition) is 1. The lowest BCUT2D eigenvalue weighted by Gasteiger charge is -2.23. The maximum atomic E-state index is 12.9. The minimum Gasteiger partial charge on any atom is -0.334 e. The minimum atomic E-state index is -0.0648. The minimum absolute atomic E-state index is 0.0593. The summed E-state index contributed by atoms with van der Waals surface area (Å²) in [6, 6.07) is 17.8. The van der Waals surface area contributed by atoms with Crippen molar-refractivity contribution in [2.24, 2.45) is 0 Å². The molecular weight excluding hydrogens is 376 g/mol. The number of aromatic nitrogens is 4. The molecule has 1 aromatic carbocycles. The lowest BCUT2D eigenvalue weighted by Crippen LogP contribution is -2.39. The van der Waals surface area contributed by atoms with Crippen LogP contribution in [0.25, 0.3) is 16.6 Å². The summed E-state index contributed by atoms with van der Waals surface area (Å²) in [5.41, 5.74) is 4.99. The van der Waals surface area contributed by atoms with Crippen LogP contribution in [0.5, 0.6) is 0 Å². The first kappa shape index (κ1) is 18.3. The molecule has 0 spiro atoms. The van der Waals surface area contributed by atoms with E-state index in [1.165, 1.54) is 0 Å². The van der Waals surface area contributed by atoms with Gasteiger partial charge >= 0.3 is 6.03 Å². The second kappa shape index (κ2) is 7.94. The topological polar surface area (TPSA) is 75.4 Å². The Morgan fingerprint density at radius 3 is 2.70 bits per heavy atom. The lowest BCUT2D eigenvalue weighted by atomic mass is 10.1. The molecule has 5 rings (SSSR count). The van der Waals surface area contributed by atoms with Gasteiger partial charge in [-0.2, -0.15) is 0 Å². The highest BCUT2D eigenvalue weighted by Crippen LogP contribution is 2.33. The number of likely N-dealkylation sites (tertiary alicyclic amines) is 1. The third-order valence-electron chi connectivity index (χ3n) is 5.57. The van der Waals surface area contributed by atoms with Crippen LogP contribution in [0, 0.1) is 0 Å². The molecule has 1 aliphatic heterocycles. The van der Waals surface area contributed by atoms with Gasteiger partial charge in [0.25, 0.3) is 0 Å². The Labute approximate surface area is 174 Å². The van der Waals surface area contributed by atoms with Crippen LogP contribution in [0.15, 0.2) is 73.2 Å². The summed E-state index contributed by atoms with van der Waals surface area (Å²) in [4.78, 5) is 18.8. The average molecular weight is 398 g/mol. The van der Waals surface area contributed by atoms with Gasteiger partial charge in [-0.15, -0.1) is 5.10 Å². The Bertz CT molecular complexity index is 1160. The Kier molecular flexibility index (Phi) is 4.85. The normalized spacial score (nSPS) is 16.1. The third-order valence-corrected chi connectivity index (χ3v) is 5.57. The van der Waals surface area contributed by atoms with E-state index >= 15 is 0 Å². The first-order chi connectivity index (χ1) is 14.8. The summed E-state index contributed by atoms with van der Waals surface area (Å²) >= 11 is 0. The fourth-order valence-corrected chi connectivity index (χ4v) is 4.04. The molecule has 150 valence electrons. The van der Waals surface area contributed by atoms with Gasteiger partial charge in [-0.3, -0.25) is 4.98 Å². The molecular formula is C23H22N6O.